The average molecular weight is 397 g/mol. The molecule has 0 aliphatic carbocycles. The molecule has 3 rings (SSSR count). The van der Waals surface area contributed by atoms with Crippen LogP contribution in [0.1, 0.15) is 5.56 Å². The molecule has 0 spiro atoms. The van der Waals surface area contributed by atoms with Crippen LogP contribution in [0, 0.1) is 10.1 Å². The van der Waals surface area contributed by atoms with Gasteiger partial charge in [0, 0.05) is 16.7 Å². The highest BCUT2D eigenvalue weighted by Gasteiger charge is 2.34. The highest BCUT2D eigenvalue weighted by molar-refractivity contribution is 7.89. The Morgan fingerprint density at radius 3 is 2.46 bits per heavy atom. The molecular formula is C17H19ClN3O4S+. The first kappa shape index (κ1) is 18.8. The lowest BCUT2D eigenvalue weighted by atomic mass is 10.2. The molecule has 0 bridgehead atoms. The van der Waals surface area contributed by atoms with Crippen molar-refractivity contribution in [2.24, 2.45) is 0 Å². The summed E-state index contributed by atoms with van der Waals surface area (Å²) in [5, 5.41) is 11.8. The lowest BCUT2D eigenvalue weighted by Crippen LogP contribution is -3.13. The van der Waals surface area contributed by atoms with Crippen LogP contribution >= 0.6 is 11.6 Å². The van der Waals surface area contributed by atoms with Crippen LogP contribution in [0.25, 0.3) is 0 Å². The van der Waals surface area contributed by atoms with E-state index >= 15 is 0 Å². The van der Waals surface area contributed by atoms with E-state index in [0.717, 1.165) is 12.1 Å². The number of sulfonamides is 1. The molecule has 7 nitrogen and oxygen atoms in total. The molecule has 1 heterocycles. The first-order valence-corrected chi connectivity index (χ1v) is 10.0. The standard InChI is InChI=1S/C17H18ClN3O4S/c18-15-5-3-4-14(12-15)13-19-8-10-20(11-9-19)26(24,25)17-7-2-1-6-16(17)21(22)23/h1-7,12H,8-11,13H2/p+1. The van der Waals surface area contributed by atoms with E-state index in [1.807, 2.05) is 24.3 Å². The summed E-state index contributed by atoms with van der Waals surface area (Å²) in [4.78, 5) is 11.5. The number of halogens is 1. The third-order valence-electron chi connectivity index (χ3n) is 4.45. The lowest BCUT2D eigenvalue weighted by molar-refractivity contribution is -0.917. The van der Waals surface area contributed by atoms with Crippen molar-refractivity contribution >= 4 is 27.3 Å². The summed E-state index contributed by atoms with van der Waals surface area (Å²) in [5.74, 6) is 0. The second-order valence-corrected chi connectivity index (χ2v) is 8.53. The van der Waals surface area contributed by atoms with E-state index in [1.165, 1.54) is 33.5 Å². The Labute approximate surface area is 157 Å². The third-order valence-corrected chi connectivity index (χ3v) is 6.63. The maximum absolute atomic E-state index is 12.8. The van der Waals surface area contributed by atoms with Gasteiger partial charge < -0.3 is 4.90 Å². The maximum atomic E-state index is 12.8. The normalized spacial score (nSPS) is 16.5. The molecule has 9 heteroatoms. The van der Waals surface area contributed by atoms with Gasteiger partial charge in [0.05, 0.1) is 31.1 Å². The largest absolute Gasteiger partial charge is 0.329 e. The fourth-order valence-electron chi connectivity index (χ4n) is 3.12. The highest BCUT2D eigenvalue weighted by Crippen LogP contribution is 2.26. The molecule has 0 radical (unpaired) electrons. The molecule has 1 aliphatic heterocycles. The fraction of sp³-hybridized carbons (Fsp3) is 0.294. The van der Waals surface area contributed by atoms with Crippen molar-refractivity contribution in [2.75, 3.05) is 26.2 Å². The minimum Gasteiger partial charge on any atom is -0.329 e. The molecule has 1 N–H and O–H groups in total. The van der Waals surface area contributed by atoms with Gasteiger partial charge in [0.15, 0.2) is 4.90 Å². The Morgan fingerprint density at radius 1 is 1.12 bits per heavy atom. The summed E-state index contributed by atoms with van der Waals surface area (Å²) in [7, 11) is -3.88. The number of quaternary nitrogens is 1. The van der Waals surface area contributed by atoms with Crippen LogP contribution < -0.4 is 4.90 Å². The smallest absolute Gasteiger partial charge is 0.289 e. The Balaban J connectivity index is 1.70. The SMILES string of the molecule is O=[N+]([O-])c1ccccc1S(=O)(=O)N1CC[NH+](Cc2cccc(Cl)c2)CC1. The molecule has 2 aromatic carbocycles. The number of hydrogen-bond donors (Lipinski definition) is 1. The zero-order valence-electron chi connectivity index (χ0n) is 14.0. The number of nitrogens with one attached hydrogen (secondary N) is 1. The number of hydrogen-bond acceptors (Lipinski definition) is 4. The first-order valence-electron chi connectivity index (χ1n) is 8.19. The van der Waals surface area contributed by atoms with Crippen LogP contribution in [-0.2, 0) is 16.6 Å². The maximum Gasteiger partial charge on any atom is 0.289 e. The summed E-state index contributed by atoms with van der Waals surface area (Å²) < 4.78 is 27.0. The van der Waals surface area contributed by atoms with Crippen molar-refractivity contribution in [3.8, 4) is 0 Å². The minimum absolute atomic E-state index is 0.247. The van der Waals surface area contributed by atoms with Crippen LogP contribution in [0.2, 0.25) is 5.02 Å². The van der Waals surface area contributed by atoms with Crippen molar-refractivity contribution in [2.45, 2.75) is 11.4 Å². The summed E-state index contributed by atoms with van der Waals surface area (Å²) >= 11 is 6.00. The van der Waals surface area contributed by atoms with Gasteiger partial charge in [-0.25, -0.2) is 8.42 Å². The molecule has 1 saturated heterocycles. The van der Waals surface area contributed by atoms with E-state index in [9.17, 15) is 18.5 Å². The van der Waals surface area contributed by atoms with Crippen LogP contribution in [0.15, 0.2) is 53.4 Å². The Kier molecular flexibility index (Phi) is 5.57. The number of nitrogens with zero attached hydrogens (tertiary/aromatic N) is 2. The van der Waals surface area contributed by atoms with Crippen molar-refractivity contribution in [1.29, 1.82) is 0 Å². The molecule has 138 valence electrons. The first-order chi connectivity index (χ1) is 12.4. The summed E-state index contributed by atoms with van der Waals surface area (Å²) in [5.41, 5.74) is 0.712. The molecule has 0 atom stereocenters. The second-order valence-electron chi connectivity index (χ2n) is 6.19. The van der Waals surface area contributed by atoms with E-state index in [4.69, 9.17) is 11.6 Å². The average Bonchev–Trinajstić information content (AvgIpc) is 2.62. The van der Waals surface area contributed by atoms with Crippen molar-refractivity contribution in [3.05, 3.63) is 69.2 Å². The number of rotatable bonds is 5. The number of nitro groups is 1. The fourth-order valence-corrected chi connectivity index (χ4v) is 4.93. The van der Waals surface area contributed by atoms with Crippen LogP contribution in [0.5, 0.6) is 0 Å². The zero-order valence-corrected chi connectivity index (χ0v) is 15.5. The summed E-state index contributed by atoms with van der Waals surface area (Å²) in [6, 6.07) is 13.1. The zero-order chi connectivity index (χ0) is 18.7. The monoisotopic (exact) mass is 396 g/mol. The summed E-state index contributed by atoms with van der Waals surface area (Å²) in [6.07, 6.45) is 0. The van der Waals surface area contributed by atoms with Gasteiger partial charge in [0.2, 0.25) is 10.0 Å². The quantitative estimate of drug-likeness (QED) is 0.610. The minimum atomic E-state index is -3.88. The van der Waals surface area contributed by atoms with Crippen molar-refractivity contribution in [1.82, 2.24) is 4.31 Å². The van der Waals surface area contributed by atoms with Crippen LogP contribution in [-0.4, -0.2) is 43.8 Å². The second kappa shape index (κ2) is 7.71. The lowest BCUT2D eigenvalue weighted by Gasteiger charge is -2.31. The Morgan fingerprint density at radius 2 is 1.81 bits per heavy atom. The third kappa shape index (κ3) is 4.04. The predicted octanol–water partition coefficient (Wildman–Crippen LogP) is 1.34. The Bertz CT molecular complexity index is 912. The molecule has 1 aliphatic rings. The predicted molar refractivity (Wildman–Crippen MR) is 97.7 cm³/mol. The number of benzene rings is 2. The molecule has 0 saturated carbocycles. The van der Waals surface area contributed by atoms with E-state index < -0.39 is 14.9 Å². The van der Waals surface area contributed by atoms with Gasteiger partial charge in [-0.2, -0.15) is 4.31 Å². The van der Waals surface area contributed by atoms with E-state index in [0.29, 0.717) is 31.2 Å². The number of piperazine rings is 1. The van der Waals surface area contributed by atoms with Gasteiger partial charge in [-0.15, -0.1) is 0 Å². The van der Waals surface area contributed by atoms with Gasteiger partial charge in [-0.1, -0.05) is 35.9 Å². The van der Waals surface area contributed by atoms with Gasteiger partial charge in [-0.05, 0) is 18.2 Å². The topological polar surface area (TPSA) is 85.0 Å². The molecule has 2 aromatic rings. The molecular weight excluding hydrogens is 378 g/mol. The van der Waals surface area contributed by atoms with Crippen LogP contribution in [0.4, 0.5) is 5.69 Å². The highest BCUT2D eigenvalue weighted by atomic mass is 35.5. The van der Waals surface area contributed by atoms with Crippen molar-refractivity contribution < 1.29 is 18.2 Å². The van der Waals surface area contributed by atoms with E-state index in [1.54, 1.807) is 0 Å². The number of para-hydroxylation sites is 1. The van der Waals surface area contributed by atoms with Crippen molar-refractivity contribution in [3.63, 3.8) is 0 Å². The van der Waals surface area contributed by atoms with E-state index in [-0.39, 0.29) is 10.6 Å². The molecule has 26 heavy (non-hydrogen) atoms. The van der Waals surface area contributed by atoms with Gasteiger partial charge in [0.25, 0.3) is 5.69 Å². The van der Waals surface area contributed by atoms with Crippen LogP contribution in [0.3, 0.4) is 0 Å². The van der Waals surface area contributed by atoms with Gasteiger partial charge in [0.1, 0.15) is 6.54 Å². The van der Waals surface area contributed by atoms with Gasteiger partial charge in [-0.3, -0.25) is 10.1 Å². The molecule has 0 unspecified atom stereocenters. The molecule has 0 amide bonds. The van der Waals surface area contributed by atoms with E-state index in [2.05, 4.69) is 0 Å². The van der Waals surface area contributed by atoms with Gasteiger partial charge >= 0.3 is 0 Å². The Hall–Kier alpha value is -2.00. The number of nitro benzene ring substituents is 1. The summed E-state index contributed by atoms with van der Waals surface area (Å²) in [6.45, 7) is 2.67. The molecule has 1 fully saturated rings. The molecule has 0 aromatic heterocycles.